The zero-order valence-electron chi connectivity index (χ0n) is 8.62. The fraction of sp³-hybridized carbons (Fsp3) is 0.778. The molecule has 0 aromatic carbocycles. The number of aliphatic hydroxyl groups excluding tert-OH is 4. The van der Waals surface area contributed by atoms with Crippen LogP contribution in [-0.2, 0) is 9.47 Å². The Labute approximate surface area is 87.4 Å². The van der Waals surface area contributed by atoms with Gasteiger partial charge in [0.1, 0.15) is 24.1 Å². The van der Waals surface area contributed by atoms with E-state index < -0.39 is 24.6 Å². The van der Waals surface area contributed by atoms with Gasteiger partial charge in [-0.25, -0.2) is 0 Å². The maximum Gasteiger partial charge on any atom is 0.226 e. The predicted octanol–water partition coefficient (Wildman–Crippen LogP) is -1.31. The second kappa shape index (κ2) is 4.80. The summed E-state index contributed by atoms with van der Waals surface area (Å²) in [5, 5.41) is 37.3. The van der Waals surface area contributed by atoms with Gasteiger partial charge < -0.3 is 29.9 Å². The minimum Gasteiger partial charge on any atom is -0.495 e. The van der Waals surface area contributed by atoms with Gasteiger partial charge in [0.05, 0.1) is 6.61 Å². The molecule has 0 aromatic rings. The minimum atomic E-state index is -1.56. The Hall–Kier alpha value is -0.820. The SMILES string of the molecule is CCOC(C)=C1OC(O)[C@H](O)[C@@H](O)[C@@H]1O. The van der Waals surface area contributed by atoms with Crippen LogP contribution in [0.15, 0.2) is 11.5 Å². The van der Waals surface area contributed by atoms with Crippen molar-refractivity contribution in [1.82, 2.24) is 0 Å². The van der Waals surface area contributed by atoms with Gasteiger partial charge in [0.15, 0.2) is 5.76 Å². The molecule has 1 aliphatic heterocycles. The van der Waals surface area contributed by atoms with Crippen LogP contribution in [0.3, 0.4) is 0 Å². The molecular weight excluding hydrogens is 204 g/mol. The monoisotopic (exact) mass is 220 g/mol. The topological polar surface area (TPSA) is 99.4 Å². The van der Waals surface area contributed by atoms with Crippen molar-refractivity contribution in [1.29, 1.82) is 0 Å². The number of allylic oxidation sites excluding steroid dienone is 1. The number of hydrogen-bond donors (Lipinski definition) is 4. The third-order valence-corrected chi connectivity index (χ3v) is 2.19. The lowest BCUT2D eigenvalue weighted by Gasteiger charge is -2.35. The van der Waals surface area contributed by atoms with Gasteiger partial charge in [0.2, 0.25) is 6.29 Å². The highest BCUT2D eigenvalue weighted by Gasteiger charge is 2.41. The third kappa shape index (κ3) is 2.40. The van der Waals surface area contributed by atoms with Gasteiger partial charge in [0, 0.05) is 0 Å². The summed E-state index contributed by atoms with van der Waals surface area (Å²) in [7, 11) is 0. The van der Waals surface area contributed by atoms with E-state index in [1.54, 1.807) is 13.8 Å². The summed E-state index contributed by atoms with van der Waals surface area (Å²) in [6.07, 6.45) is -5.97. The van der Waals surface area contributed by atoms with E-state index in [2.05, 4.69) is 0 Å². The average Bonchev–Trinajstić information content (AvgIpc) is 2.20. The second-order valence-corrected chi connectivity index (χ2v) is 3.29. The summed E-state index contributed by atoms with van der Waals surface area (Å²) in [5.41, 5.74) is 0. The largest absolute Gasteiger partial charge is 0.495 e. The molecule has 4 N–H and O–H groups in total. The van der Waals surface area contributed by atoms with Crippen LogP contribution in [0.5, 0.6) is 0 Å². The van der Waals surface area contributed by atoms with Gasteiger partial charge in [-0.2, -0.15) is 0 Å². The summed E-state index contributed by atoms with van der Waals surface area (Å²) in [6, 6.07) is 0. The summed E-state index contributed by atoms with van der Waals surface area (Å²) in [5.74, 6) is 0.220. The first-order valence-electron chi connectivity index (χ1n) is 4.71. The molecule has 4 atom stereocenters. The quantitative estimate of drug-likeness (QED) is 0.431. The number of ether oxygens (including phenoxy) is 2. The van der Waals surface area contributed by atoms with Crippen LogP contribution in [-0.4, -0.2) is 51.6 Å². The lowest BCUT2D eigenvalue weighted by molar-refractivity contribution is -0.227. The molecule has 1 heterocycles. The molecule has 1 unspecified atom stereocenters. The lowest BCUT2D eigenvalue weighted by atomic mass is 10.0. The van der Waals surface area contributed by atoms with Gasteiger partial charge in [-0.05, 0) is 13.8 Å². The van der Waals surface area contributed by atoms with Crippen LogP contribution < -0.4 is 0 Å². The van der Waals surface area contributed by atoms with Crippen molar-refractivity contribution in [2.24, 2.45) is 0 Å². The minimum absolute atomic E-state index is 0.0536. The highest BCUT2D eigenvalue weighted by atomic mass is 16.6. The van der Waals surface area contributed by atoms with E-state index in [9.17, 15) is 20.4 Å². The first-order chi connectivity index (χ1) is 6.99. The van der Waals surface area contributed by atoms with E-state index in [1.807, 2.05) is 0 Å². The maximum absolute atomic E-state index is 9.54. The van der Waals surface area contributed by atoms with E-state index in [0.29, 0.717) is 6.61 Å². The van der Waals surface area contributed by atoms with Crippen molar-refractivity contribution >= 4 is 0 Å². The van der Waals surface area contributed by atoms with Gasteiger partial charge in [-0.3, -0.25) is 0 Å². The predicted molar refractivity (Wildman–Crippen MR) is 49.4 cm³/mol. The molecule has 1 rings (SSSR count). The Morgan fingerprint density at radius 1 is 1.27 bits per heavy atom. The number of aliphatic hydroxyl groups is 4. The standard InChI is InChI=1S/C9H16O6/c1-3-14-4(2)8-6(11)5(10)7(12)9(13)15-8/h5-7,9-13H,3H2,1-2H3/t5-,6-,7+,9?/m0/s1. The van der Waals surface area contributed by atoms with Crippen LogP contribution in [0.4, 0.5) is 0 Å². The second-order valence-electron chi connectivity index (χ2n) is 3.29. The number of hydrogen-bond acceptors (Lipinski definition) is 6. The fourth-order valence-electron chi connectivity index (χ4n) is 1.36. The van der Waals surface area contributed by atoms with Crippen LogP contribution in [0.2, 0.25) is 0 Å². The van der Waals surface area contributed by atoms with Crippen molar-refractivity contribution in [2.45, 2.75) is 38.4 Å². The maximum atomic E-state index is 9.54. The van der Waals surface area contributed by atoms with Crippen LogP contribution in [0, 0.1) is 0 Å². The van der Waals surface area contributed by atoms with E-state index in [0.717, 1.165) is 0 Å². The van der Waals surface area contributed by atoms with Crippen LogP contribution >= 0.6 is 0 Å². The lowest BCUT2D eigenvalue weighted by Crippen LogP contribution is -2.52. The molecule has 6 nitrogen and oxygen atoms in total. The molecule has 0 radical (unpaired) electrons. The molecule has 6 heteroatoms. The Kier molecular flexibility index (Phi) is 3.92. The zero-order chi connectivity index (χ0) is 11.6. The molecular formula is C9H16O6. The fourth-order valence-corrected chi connectivity index (χ4v) is 1.36. The molecule has 15 heavy (non-hydrogen) atoms. The van der Waals surface area contributed by atoms with Crippen LogP contribution in [0.1, 0.15) is 13.8 Å². The molecule has 0 spiro atoms. The molecule has 0 aromatic heterocycles. The Balaban J connectivity index is 2.87. The normalized spacial score (nSPS) is 39.6. The first-order valence-corrected chi connectivity index (χ1v) is 4.71. The van der Waals surface area contributed by atoms with Gasteiger partial charge in [-0.15, -0.1) is 0 Å². The van der Waals surface area contributed by atoms with Gasteiger partial charge in [0.25, 0.3) is 0 Å². The molecule has 0 amide bonds. The summed E-state index contributed by atoms with van der Waals surface area (Å²) >= 11 is 0. The van der Waals surface area contributed by atoms with Crippen molar-refractivity contribution in [3.05, 3.63) is 11.5 Å². The van der Waals surface area contributed by atoms with E-state index in [-0.39, 0.29) is 11.5 Å². The van der Waals surface area contributed by atoms with Crippen molar-refractivity contribution in [3.8, 4) is 0 Å². The van der Waals surface area contributed by atoms with Crippen molar-refractivity contribution < 1.29 is 29.9 Å². The van der Waals surface area contributed by atoms with Crippen molar-refractivity contribution in [2.75, 3.05) is 6.61 Å². The Morgan fingerprint density at radius 3 is 2.40 bits per heavy atom. The smallest absolute Gasteiger partial charge is 0.226 e. The van der Waals surface area contributed by atoms with Crippen LogP contribution in [0.25, 0.3) is 0 Å². The average molecular weight is 220 g/mol. The summed E-state index contributed by atoms with van der Waals surface area (Å²) in [6.45, 7) is 3.67. The molecule has 1 fully saturated rings. The number of rotatable bonds is 2. The van der Waals surface area contributed by atoms with E-state index >= 15 is 0 Å². The molecule has 0 aliphatic carbocycles. The highest BCUT2D eigenvalue weighted by Crippen LogP contribution is 2.25. The summed E-state index contributed by atoms with van der Waals surface area (Å²) in [4.78, 5) is 0. The summed E-state index contributed by atoms with van der Waals surface area (Å²) < 4.78 is 9.92. The Bertz CT molecular complexity index is 251. The molecule has 0 bridgehead atoms. The Morgan fingerprint density at radius 2 is 1.87 bits per heavy atom. The molecule has 88 valence electrons. The molecule has 0 saturated carbocycles. The third-order valence-electron chi connectivity index (χ3n) is 2.19. The first kappa shape index (κ1) is 12.3. The van der Waals surface area contributed by atoms with E-state index in [4.69, 9.17) is 9.47 Å². The molecule has 1 saturated heterocycles. The van der Waals surface area contributed by atoms with E-state index in [1.165, 1.54) is 0 Å². The highest BCUT2D eigenvalue weighted by molar-refractivity contribution is 5.11. The van der Waals surface area contributed by atoms with Gasteiger partial charge >= 0.3 is 0 Å². The zero-order valence-corrected chi connectivity index (χ0v) is 8.62. The molecule has 1 aliphatic rings. The van der Waals surface area contributed by atoms with Crippen molar-refractivity contribution in [3.63, 3.8) is 0 Å². The van der Waals surface area contributed by atoms with Gasteiger partial charge in [-0.1, -0.05) is 0 Å².